The second-order valence-electron chi connectivity index (χ2n) is 2.94. The second kappa shape index (κ2) is 3.59. The van der Waals surface area contributed by atoms with Crippen molar-refractivity contribution in [2.45, 2.75) is 26.2 Å². The summed E-state index contributed by atoms with van der Waals surface area (Å²) in [5, 5.41) is 0. The molecule has 1 aliphatic rings. The third-order valence-corrected chi connectivity index (χ3v) is 1.90. The van der Waals surface area contributed by atoms with Gasteiger partial charge in [-0.3, -0.25) is 4.99 Å². The topological polar surface area (TPSA) is 21.6 Å². The minimum atomic E-state index is 0.743. The zero-order valence-electron chi connectivity index (χ0n) is 6.76. The molecule has 0 spiro atoms. The molecule has 0 aromatic heterocycles. The molecule has 0 radical (unpaired) electrons. The highest BCUT2D eigenvalue weighted by molar-refractivity contribution is 5.76. The quantitative estimate of drug-likeness (QED) is 0.504. The van der Waals surface area contributed by atoms with Crippen LogP contribution >= 0.6 is 0 Å². The van der Waals surface area contributed by atoms with Gasteiger partial charge in [0.15, 0.2) is 5.90 Å². The molecule has 0 aliphatic carbocycles. The zero-order valence-corrected chi connectivity index (χ0v) is 6.76. The van der Waals surface area contributed by atoms with Crippen molar-refractivity contribution in [1.29, 1.82) is 0 Å². The lowest BCUT2D eigenvalue weighted by atomic mass is 10.1. The van der Waals surface area contributed by atoms with Crippen molar-refractivity contribution in [3.63, 3.8) is 0 Å². The van der Waals surface area contributed by atoms with Crippen LogP contribution < -0.4 is 0 Å². The van der Waals surface area contributed by atoms with Crippen LogP contribution in [0, 0.1) is 5.92 Å². The summed E-state index contributed by atoms with van der Waals surface area (Å²) in [6.07, 6.45) is 3.55. The second-order valence-corrected chi connectivity index (χ2v) is 2.94. The van der Waals surface area contributed by atoms with Crippen molar-refractivity contribution in [2.75, 3.05) is 13.7 Å². The Kier molecular flexibility index (Phi) is 2.72. The lowest BCUT2D eigenvalue weighted by Crippen LogP contribution is -1.99. The van der Waals surface area contributed by atoms with Gasteiger partial charge >= 0.3 is 0 Å². The summed E-state index contributed by atoms with van der Waals surface area (Å²) in [6.45, 7) is 3.19. The van der Waals surface area contributed by atoms with E-state index in [0.717, 1.165) is 24.8 Å². The van der Waals surface area contributed by atoms with Crippen LogP contribution in [0.15, 0.2) is 4.99 Å². The molecule has 1 rings (SSSR count). The average molecular weight is 141 g/mol. The fourth-order valence-corrected chi connectivity index (χ4v) is 1.20. The molecular weight excluding hydrogens is 126 g/mol. The summed E-state index contributed by atoms with van der Waals surface area (Å²) in [7, 11) is 1.70. The summed E-state index contributed by atoms with van der Waals surface area (Å²) in [5.41, 5.74) is 0. The van der Waals surface area contributed by atoms with Gasteiger partial charge in [-0.05, 0) is 18.8 Å². The monoisotopic (exact) mass is 141 g/mol. The predicted octanol–water partition coefficient (Wildman–Crippen LogP) is 1.85. The molecule has 0 aromatic rings. The molecule has 0 saturated carbocycles. The summed E-state index contributed by atoms with van der Waals surface area (Å²) in [5.74, 6) is 1.68. The molecule has 2 nitrogen and oxygen atoms in total. The summed E-state index contributed by atoms with van der Waals surface area (Å²) >= 11 is 0. The van der Waals surface area contributed by atoms with E-state index in [1.807, 2.05) is 0 Å². The van der Waals surface area contributed by atoms with Gasteiger partial charge in [-0.25, -0.2) is 0 Å². The first-order valence-corrected chi connectivity index (χ1v) is 3.90. The van der Waals surface area contributed by atoms with Crippen molar-refractivity contribution in [3.05, 3.63) is 0 Å². The van der Waals surface area contributed by atoms with Gasteiger partial charge in [0.1, 0.15) is 0 Å². The van der Waals surface area contributed by atoms with Crippen molar-refractivity contribution in [2.24, 2.45) is 10.9 Å². The molecule has 1 aliphatic heterocycles. The highest BCUT2D eigenvalue weighted by Gasteiger charge is 2.08. The SMILES string of the molecule is COC1=NC[C@H](C)CCC1. The highest BCUT2D eigenvalue weighted by Crippen LogP contribution is 2.13. The largest absolute Gasteiger partial charge is 0.484 e. The van der Waals surface area contributed by atoms with Gasteiger partial charge in [-0.2, -0.15) is 0 Å². The molecule has 2 heteroatoms. The lowest BCUT2D eigenvalue weighted by Gasteiger charge is -2.00. The molecule has 0 fully saturated rings. The van der Waals surface area contributed by atoms with Crippen LogP contribution in [0.4, 0.5) is 0 Å². The van der Waals surface area contributed by atoms with E-state index in [0.29, 0.717) is 0 Å². The van der Waals surface area contributed by atoms with Crippen molar-refractivity contribution < 1.29 is 4.74 Å². The zero-order chi connectivity index (χ0) is 7.40. The van der Waals surface area contributed by atoms with E-state index in [4.69, 9.17) is 4.74 Å². The molecule has 0 unspecified atom stereocenters. The Morgan fingerprint density at radius 2 is 2.40 bits per heavy atom. The average Bonchev–Trinajstić information content (AvgIpc) is 2.14. The maximum atomic E-state index is 5.07. The van der Waals surface area contributed by atoms with E-state index >= 15 is 0 Å². The summed E-state index contributed by atoms with van der Waals surface area (Å²) < 4.78 is 5.07. The fourth-order valence-electron chi connectivity index (χ4n) is 1.20. The number of rotatable bonds is 0. The molecule has 10 heavy (non-hydrogen) atoms. The lowest BCUT2D eigenvalue weighted by molar-refractivity contribution is 0.388. The molecule has 58 valence electrons. The summed E-state index contributed by atoms with van der Waals surface area (Å²) in [6, 6.07) is 0. The normalized spacial score (nSPS) is 27.0. The molecule has 0 bridgehead atoms. The molecule has 1 atom stereocenters. The number of hydrogen-bond acceptors (Lipinski definition) is 2. The number of aliphatic imine (C=N–C) groups is 1. The van der Waals surface area contributed by atoms with E-state index in [9.17, 15) is 0 Å². The Morgan fingerprint density at radius 1 is 1.60 bits per heavy atom. The van der Waals surface area contributed by atoms with Gasteiger partial charge < -0.3 is 4.74 Å². The fraction of sp³-hybridized carbons (Fsp3) is 0.875. The van der Waals surface area contributed by atoms with Gasteiger partial charge in [-0.15, -0.1) is 0 Å². The predicted molar refractivity (Wildman–Crippen MR) is 42.3 cm³/mol. The van der Waals surface area contributed by atoms with Crippen LogP contribution in [-0.4, -0.2) is 19.6 Å². The Balaban J connectivity index is 2.43. The van der Waals surface area contributed by atoms with E-state index in [-0.39, 0.29) is 0 Å². The Labute approximate surface area is 62.3 Å². The smallest absolute Gasteiger partial charge is 0.182 e. The molecule has 0 saturated heterocycles. The van der Waals surface area contributed by atoms with Gasteiger partial charge in [0.2, 0.25) is 0 Å². The third kappa shape index (κ3) is 2.01. The maximum Gasteiger partial charge on any atom is 0.182 e. The van der Waals surface area contributed by atoms with Crippen LogP contribution in [0.3, 0.4) is 0 Å². The van der Waals surface area contributed by atoms with Crippen molar-refractivity contribution in [1.82, 2.24) is 0 Å². The first-order chi connectivity index (χ1) is 4.83. The Morgan fingerprint density at radius 3 is 3.10 bits per heavy atom. The van der Waals surface area contributed by atoms with Crippen LogP contribution in [-0.2, 0) is 4.74 Å². The Bertz CT molecular complexity index is 131. The molecule has 0 amide bonds. The van der Waals surface area contributed by atoms with Crippen molar-refractivity contribution in [3.8, 4) is 0 Å². The molecule has 0 N–H and O–H groups in total. The number of ether oxygens (including phenoxy) is 1. The highest BCUT2D eigenvalue weighted by atomic mass is 16.5. The van der Waals surface area contributed by atoms with Gasteiger partial charge in [0.05, 0.1) is 7.11 Å². The van der Waals surface area contributed by atoms with E-state index in [1.54, 1.807) is 7.11 Å². The van der Waals surface area contributed by atoms with Crippen LogP contribution in [0.1, 0.15) is 26.2 Å². The first-order valence-electron chi connectivity index (χ1n) is 3.90. The standard InChI is InChI=1S/C8H15NO/c1-7-4-3-5-8(10-2)9-6-7/h7H,3-6H2,1-2H3/t7-/m1/s1. The van der Waals surface area contributed by atoms with Crippen LogP contribution in [0.5, 0.6) is 0 Å². The van der Waals surface area contributed by atoms with E-state index in [2.05, 4.69) is 11.9 Å². The number of methoxy groups -OCH3 is 1. The number of nitrogens with zero attached hydrogens (tertiary/aromatic N) is 1. The molecule has 0 aromatic carbocycles. The number of hydrogen-bond donors (Lipinski definition) is 0. The minimum absolute atomic E-state index is 0.743. The van der Waals surface area contributed by atoms with E-state index in [1.165, 1.54) is 12.8 Å². The maximum absolute atomic E-state index is 5.07. The first kappa shape index (κ1) is 7.58. The van der Waals surface area contributed by atoms with Crippen LogP contribution in [0.25, 0.3) is 0 Å². The van der Waals surface area contributed by atoms with Gasteiger partial charge in [0.25, 0.3) is 0 Å². The Hall–Kier alpha value is -0.530. The summed E-state index contributed by atoms with van der Waals surface area (Å²) in [4.78, 5) is 4.32. The minimum Gasteiger partial charge on any atom is -0.484 e. The van der Waals surface area contributed by atoms with E-state index < -0.39 is 0 Å². The van der Waals surface area contributed by atoms with Crippen LogP contribution in [0.2, 0.25) is 0 Å². The van der Waals surface area contributed by atoms with Crippen molar-refractivity contribution >= 4 is 5.90 Å². The van der Waals surface area contributed by atoms with Gasteiger partial charge in [-0.1, -0.05) is 6.92 Å². The van der Waals surface area contributed by atoms with Gasteiger partial charge in [0, 0.05) is 13.0 Å². The molecule has 1 heterocycles. The third-order valence-electron chi connectivity index (χ3n) is 1.90. The molecular formula is C8H15NO.